The van der Waals surface area contributed by atoms with Gasteiger partial charge in [-0.25, -0.2) is 9.59 Å². The number of benzene rings is 1. The molecule has 27 heavy (non-hydrogen) atoms. The van der Waals surface area contributed by atoms with Crippen LogP contribution in [0.15, 0.2) is 30.3 Å². The molecule has 1 fully saturated rings. The van der Waals surface area contributed by atoms with Gasteiger partial charge in [0.05, 0.1) is 7.11 Å². The van der Waals surface area contributed by atoms with Crippen LogP contribution >= 0.6 is 0 Å². The quantitative estimate of drug-likeness (QED) is 0.754. The highest BCUT2D eigenvalue weighted by molar-refractivity contribution is 5.82. The van der Waals surface area contributed by atoms with Gasteiger partial charge in [0.25, 0.3) is 0 Å². The summed E-state index contributed by atoms with van der Waals surface area (Å²) in [5.74, 6) is -0.396. The Balaban J connectivity index is 2.30. The third-order valence-electron chi connectivity index (χ3n) is 4.73. The summed E-state index contributed by atoms with van der Waals surface area (Å²) < 4.78 is 10.6. The van der Waals surface area contributed by atoms with Crippen molar-refractivity contribution in [3.63, 3.8) is 0 Å². The van der Waals surface area contributed by atoms with E-state index in [4.69, 9.17) is 9.47 Å². The van der Waals surface area contributed by atoms with E-state index in [0.717, 1.165) is 25.9 Å². The first-order valence-electron chi connectivity index (χ1n) is 9.62. The second-order valence-corrected chi connectivity index (χ2v) is 7.93. The van der Waals surface area contributed by atoms with E-state index in [0.29, 0.717) is 6.54 Å². The topological polar surface area (TPSA) is 59.1 Å². The Kier molecular flexibility index (Phi) is 7.25. The number of nitrogens with zero attached hydrogens (tertiary/aromatic N) is 2. The molecule has 2 atom stereocenters. The van der Waals surface area contributed by atoms with Crippen LogP contribution in [0.25, 0.3) is 0 Å². The zero-order valence-electron chi connectivity index (χ0n) is 17.1. The molecular weight excluding hydrogens is 344 g/mol. The molecule has 1 amide bonds. The zero-order chi connectivity index (χ0) is 20.0. The van der Waals surface area contributed by atoms with Gasteiger partial charge in [-0.2, -0.15) is 0 Å². The van der Waals surface area contributed by atoms with Crippen LogP contribution in [-0.4, -0.2) is 59.7 Å². The van der Waals surface area contributed by atoms with Gasteiger partial charge in [-0.15, -0.1) is 0 Å². The SMILES string of the molecule is CC[C@@H]1[C@H](C(=O)OC)N(C(=O)OC(C)(C)C)CCCN1Cc1ccccc1. The third kappa shape index (κ3) is 5.70. The monoisotopic (exact) mass is 376 g/mol. The van der Waals surface area contributed by atoms with Gasteiger partial charge in [-0.3, -0.25) is 9.80 Å². The van der Waals surface area contributed by atoms with E-state index in [9.17, 15) is 9.59 Å². The lowest BCUT2D eigenvalue weighted by molar-refractivity contribution is -0.149. The molecule has 0 aromatic heterocycles. The van der Waals surface area contributed by atoms with Gasteiger partial charge in [-0.05, 0) is 39.2 Å². The highest BCUT2D eigenvalue weighted by Gasteiger charge is 2.42. The van der Waals surface area contributed by atoms with Crippen LogP contribution in [0.3, 0.4) is 0 Å². The van der Waals surface area contributed by atoms with Gasteiger partial charge < -0.3 is 9.47 Å². The van der Waals surface area contributed by atoms with Crippen molar-refractivity contribution in [1.82, 2.24) is 9.80 Å². The van der Waals surface area contributed by atoms with Gasteiger partial charge in [0.2, 0.25) is 0 Å². The minimum Gasteiger partial charge on any atom is -0.467 e. The molecule has 1 aromatic rings. The number of hydrogen-bond acceptors (Lipinski definition) is 5. The lowest BCUT2D eigenvalue weighted by Crippen LogP contribution is -2.56. The number of hydrogen-bond donors (Lipinski definition) is 0. The first kappa shape index (κ1) is 21.2. The summed E-state index contributed by atoms with van der Waals surface area (Å²) >= 11 is 0. The van der Waals surface area contributed by atoms with Crippen molar-refractivity contribution in [3.05, 3.63) is 35.9 Å². The van der Waals surface area contributed by atoms with Gasteiger partial charge in [0, 0.05) is 25.7 Å². The maximum Gasteiger partial charge on any atom is 0.411 e. The van der Waals surface area contributed by atoms with Crippen molar-refractivity contribution in [2.24, 2.45) is 0 Å². The molecule has 6 nitrogen and oxygen atoms in total. The molecule has 6 heteroatoms. The molecule has 1 aromatic carbocycles. The van der Waals surface area contributed by atoms with Crippen LogP contribution in [0.5, 0.6) is 0 Å². The maximum absolute atomic E-state index is 12.8. The zero-order valence-corrected chi connectivity index (χ0v) is 17.1. The predicted octanol–water partition coefficient (Wildman–Crippen LogP) is 3.45. The van der Waals surface area contributed by atoms with E-state index in [1.165, 1.54) is 12.7 Å². The summed E-state index contributed by atoms with van der Waals surface area (Å²) in [5.41, 5.74) is 0.570. The predicted molar refractivity (Wildman–Crippen MR) is 104 cm³/mol. The Morgan fingerprint density at radius 2 is 1.81 bits per heavy atom. The number of ether oxygens (including phenoxy) is 2. The van der Waals surface area contributed by atoms with Crippen molar-refractivity contribution in [2.45, 2.75) is 64.8 Å². The molecule has 1 saturated heterocycles. The number of methoxy groups -OCH3 is 1. The molecule has 0 radical (unpaired) electrons. The van der Waals surface area contributed by atoms with Crippen molar-refractivity contribution >= 4 is 12.1 Å². The number of carbonyl (C=O) groups is 2. The first-order valence-corrected chi connectivity index (χ1v) is 9.62. The highest BCUT2D eigenvalue weighted by Crippen LogP contribution is 2.25. The standard InChI is InChI=1S/C21H32N2O4/c1-6-17-18(19(24)26-5)23(20(25)27-21(2,3)4)14-10-13-22(17)15-16-11-8-7-9-12-16/h7-9,11-12,17-18H,6,10,13-15H2,1-5H3/t17-,18-/m1/s1. The van der Waals surface area contributed by atoms with E-state index in [2.05, 4.69) is 17.0 Å². The maximum atomic E-state index is 12.8. The van der Waals surface area contributed by atoms with Gasteiger partial charge in [-0.1, -0.05) is 37.3 Å². The Morgan fingerprint density at radius 1 is 1.15 bits per heavy atom. The fourth-order valence-corrected chi connectivity index (χ4v) is 3.58. The van der Waals surface area contributed by atoms with Crippen molar-refractivity contribution in [1.29, 1.82) is 0 Å². The smallest absolute Gasteiger partial charge is 0.411 e. The largest absolute Gasteiger partial charge is 0.467 e. The Hall–Kier alpha value is -2.08. The second kappa shape index (κ2) is 9.22. The van der Waals surface area contributed by atoms with Crippen molar-refractivity contribution in [3.8, 4) is 0 Å². The molecule has 1 heterocycles. The minimum absolute atomic E-state index is 0.132. The summed E-state index contributed by atoms with van der Waals surface area (Å²) in [6.45, 7) is 9.53. The molecule has 0 bridgehead atoms. The van der Waals surface area contributed by atoms with E-state index < -0.39 is 23.7 Å². The van der Waals surface area contributed by atoms with Crippen LogP contribution in [-0.2, 0) is 20.8 Å². The van der Waals surface area contributed by atoms with Crippen LogP contribution < -0.4 is 0 Å². The van der Waals surface area contributed by atoms with Crippen LogP contribution in [0, 0.1) is 0 Å². The number of carbonyl (C=O) groups excluding carboxylic acids is 2. The van der Waals surface area contributed by atoms with E-state index in [-0.39, 0.29) is 6.04 Å². The van der Waals surface area contributed by atoms with Crippen LogP contribution in [0.2, 0.25) is 0 Å². The molecule has 0 N–H and O–H groups in total. The lowest BCUT2D eigenvalue weighted by atomic mass is 10.0. The summed E-state index contributed by atoms with van der Waals surface area (Å²) in [6, 6.07) is 9.36. The van der Waals surface area contributed by atoms with Gasteiger partial charge in [0.15, 0.2) is 0 Å². The fraction of sp³-hybridized carbons (Fsp3) is 0.619. The third-order valence-corrected chi connectivity index (χ3v) is 4.73. The summed E-state index contributed by atoms with van der Waals surface area (Å²) in [6.07, 6.45) is 1.04. The van der Waals surface area contributed by atoms with Crippen LogP contribution in [0.4, 0.5) is 4.79 Å². The van der Waals surface area contributed by atoms with E-state index >= 15 is 0 Å². The summed E-state index contributed by atoms with van der Waals surface area (Å²) in [4.78, 5) is 29.3. The highest BCUT2D eigenvalue weighted by atomic mass is 16.6. The average molecular weight is 376 g/mol. The normalized spacial score (nSPS) is 21.4. The number of esters is 1. The van der Waals surface area contributed by atoms with Gasteiger partial charge in [0.1, 0.15) is 11.6 Å². The van der Waals surface area contributed by atoms with E-state index in [1.807, 2.05) is 45.9 Å². The molecule has 1 aliphatic rings. The molecule has 150 valence electrons. The molecule has 0 saturated carbocycles. The lowest BCUT2D eigenvalue weighted by Gasteiger charge is -2.37. The van der Waals surface area contributed by atoms with Crippen molar-refractivity contribution in [2.75, 3.05) is 20.2 Å². The van der Waals surface area contributed by atoms with Crippen LogP contribution in [0.1, 0.15) is 46.1 Å². The number of rotatable bonds is 4. The molecule has 1 aliphatic heterocycles. The second-order valence-electron chi connectivity index (χ2n) is 7.93. The number of amides is 1. The average Bonchev–Trinajstić information content (AvgIpc) is 2.79. The first-order chi connectivity index (χ1) is 12.8. The molecular formula is C21H32N2O4. The Morgan fingerprint density at radius 3 is 2.37 bits per heavy atom. The molecule has 2 rings (SSSR count). The van der Waals surface area contributed by atoms with Crippen molar-refractivity contribution < 1.29 is 19.1 Å². The summed E-state index contributed by atoms with van der Waals surface area (Å²) in [7, 11) is 1.37. The van der Waals surface area contributed by atoms with Gasteiger partial charge >= 0.3 is 12.1 Å². The molecule has 0 aliphatic carbocycles. The Bertz CT molecular complexity index is 627. The summed E-state index contributed by atoms with van der Waals surface area (Å²) in [5, 5.41) is 0. The molecule has 0 spiro atoms. The molecule has 0 unspecified atom stereocenters. The van der Waals surface area contributed by atoms with E-state index in [1.54, 1.807) is 4.90 Å². The Labute approximate surface area is 162 Å². The minimum atomic E-state index is -0.680. The fourth-order valence-electron chi connectivity index (χ4n) is 3.58.